The Morgan fingerprint density at radius 2 is 1.88 bits per heavy atom. The summed E-state index contributed by atoms with van der Waals surface area (Å²) in [6.45, 7) is 0. The van der Waals surface area contributed by atoms with Gasteiger partial charge in [-0.3, -0.25) is 4.79 Å². The molecular weight excluding hydrogens is 233 g/mol. The van der Waals surface area contributed by atoms with Crippen molar-refractivity contribution in [2.45, 2.75) is 19.0 Å². The summed E-state index contributed by atoms with van der Waals surface area (Å²) >= 11 is 0. The number of hydrogen-bond acceptors (Lipinski definition) is 2. The van der Waals surface area contributed by atoms with Crippen LogP contribution in [-0.2, 0) is 11.0 Å². The highest BCUT2D eigenvalue weighted by molar-refractivity contribution is 5.90. The van der Waals surface area contributed by atoms with Gasteiger partial charge in [-0.2, -0.15) is 18.4 Å². The van der Waals surface area contributed by atoms with E-state index in [1.54, 1.807) is 6.07 Å². The van der Waals surface area contributed by atoms with Crippen LogP contribution in [0.25, 0.3) is 0 Å². The Balaban J connectivity index is 2.63. The van der Waals surface area contributed by atoms with E-state index in [0.717, 1.165) is 12.1 Å². The molecule has 6 heteroatoms. The van der Waals surface area contributed by atoms with E-state index in [1.165, 1.54) is 12.1 Å². The van der Waals surface area contributed by atoms with Gasteiger partial charge in [0.2, 0.25) is 5.91 Å². The maximum Gasteiger partial charge on any atom is 0.416 e. The van der Waals surface area contributed by atoms with Crippen molar-refractivity contribution in [2.24, 2.45) is 0 Å². The van der Waals surface area contributed by atoms with Gasteiger partial charge in [0.25, 0.3) is 0 Å². The minimum atomic E-state index is -4.39. The molecule has 0 heterocycles. The molecule has 0 aliphatic heterocycles. The van der Waals surface area contributed by atoms with E-state index >= 15 is 0 Å². The first-order chi connectivity index (χ1) is 7.93. The Labute approximate surface area is 95.9 Å². The van der Waals surface area contributed by atoms with Gasteiger partial charge >= 0.3 is 6.18 Å². The summed E-state index contributed by atoms with van der Waals surface area (Å²) in [4.78, 5) is 11.2. The van der Waals surface area contributed by atoms with Gasteiger partial charge in [-0.25, -0.2) is 0 Å². The van der Waals surface area contributed by atoms with E-state index in [0.29, 0.717) is 0 Å². The van der Waals surface area contributed by atoms with Crippen LogP contribution < -0.4 is 5.32 Å². The number of carbonyl (C=O) groups excluding carboxylic acids is 1. The Hall–Kier alpha value is -2.03. The monoisotopic (exact) mass is 242 g/mol. The van der Waals surface area contributed by atoms with E-state index in [-0.39, 0.29) is 18.5 Å². The molecular formula is C11H9F3N2O. The van der Waals surface area contributed by atoms with E-state index in [4.69, 9.17) is 5.26 Å². The average molecular weight is 242 g/mol. The van der Waals surface area contributed by atoms with Crippen LogP contribution in [0.2, 0.25) is 0 Å². The van der Waals surface area contributed by atoms with Crippen LogP contribution in [0.4, 0.5) is 18.9 Å². The second-order valence-electron chi connectivity index (χ2n) is 3.28. The summed E-state index contributed by atoms with van der Waals surface area (Å²) in [5.74, 6) is -0.397. The summed E-state index contributed by atoms with van der Waals surface area (Å²) in [6, 6.07) is 5.93. The van der Waals surface area contributed by atoms with Gasteiger partial charge in [-0.1, -0.05) is 0 Å². The number of anilines is 1. The van der Waals surface area contributed by atoms with Gasteiger partial charge < -0.3 is 5.32 Å². The summed E-state index contributed by atoms with van der Waals surface area (Å²) in [5, 5.41) is 10.7. The molecule has 0 fully saturated rings. The first-order valence-electron chi connectivity index (χ1n) is 4.77. The van der Waals surface area contributed by atoms with E-state index in [9.17, 15) is 18.0 Å². The quantitative estimate of drug-likeness (QED) is 0.885. The zero-order chi connectivity index (χ0) is 12.9. The fraction of sp³-hybridized carbons (Fsp3) is 0.273. The molecule has 0 saturated heterocycles. The number of rotatable bonds is 3. The molecule has 3 nitrogen and oxygen atoms in total. The van der Waals surface area contributed by atoms with Crippen molar-refractivity contribution in [1.82, 2.24) is 0 Å². The van der Waals surface area contributed by atoms with Gasteiger partial charge in [0.15, 0.2) is 0 Å². The zero-order valence-corrected chi connectivity index (χ0v) is 8.71. The zero-order valence-electron chi connectivity index (χ0n) is 8.71. The Bertz CT molecular complexity index is 432. The second kappa shape index (κ2) is 5.34. The molecule has 1 aromatic rings. The van der Waals surface area contributed by atoms with Crippen molar-refractivity contribution < 1.29 is 18.0 Å². The Morgan fingerprint density at radius 1 is 1.29 bits per heavy atom. The molecule has 0 aliphatic carbocycles. The van der Waals surface area contributed by atoms with Crippen LogP contribution >= 0.6 is 0 Å². The van der Waals surface area contributed by atoms with Crippen LogP contribution in [0.3, 0.4) is 0 Å². The molecule has 1 aromatic carbocycles. The minimum Gasteiger partial charge on any atom is -0.326 e. The maximum absolute atomic E-state index is 12.2. The standard InChI is InChI=1S/C11H9F3N2O/c12-11(13,14)8-3-5-9(6-4-8)16-10(17)2-1-7-15/h3-6H,1-2H2,(H,16,17). The number of nitriles is 1. The lowest BCUT2D eigenvalue weighted by molar-refractivity contribution is -0.137. The van der Waals surface area contributed by atoms with Crippen LogP contribution in [0.1, 0.15) is 18.4 Å². The molecule has 0 radical (unpaired) electrons. The Morgan fingerprint density at radius 3 is 2.35 bits per heavy atom. The van der Waals surface area contributed by atoms with Crippen molar-refractivity contribution in [3.8, 4) is 6.07 Å². The normalized spacial score (nSPS) is 10.7. The van der Waals surface area contributed by atoms with Gasteiger partial charge in [0.05, 0.1) is 11.6 Å². The lowest BCUT2D eigenvalue weighted by Gasteiger charge is -2.08. The third-order valence-electron chi connectivity index (χ3n) is 1.96. The molecule has 0 unspecified atom stereocenters. The first kappa shape index (κ1) is 13.0. The van der Waals surface area contributed by atoms with Crippen molar-refractivity contribution >= 4 is 11.6 Å². The van der Waals surface area contributed by atoms with Crippen molar-refractivity contribution in [3.63, 3.8) is 0 Å². The van der Waals surface area contributed by atoms with Crippen LogP contribution in [-0.4, -0.2) is 5.91 Å². The van der Waals surface area contributed by atoms with Gasteiger partial charge in [-0.05, 0) is 24.3 Å². The highest BCUT2D eigenvalue weighted by Crippen LogP contribution is 2.29. The van der Waals surface area contributed by atoms with Crippen LogP contribution in [0, 0.1) is 11.3 Å². The molecule has 1 N–H and O–H groups in total. The SMILES string of the molecule is N#CCCC(=O)Nc1ccc(C(F)(F)F)cc1. The molecule has 0 aliphatic rings. The molecule has 0 saturated carbocycles. The third-order valence-corrected chi connectivity index (χ3v) is 1.96. The number of amides is 1. The van der Waals surface area contributed by atoms with Crippen LogP contribution in [0.5, 0.6) is 0 Å². The topological polar surface area (TPSA) is 52.9 Å². The fourth-order valence-corrected chi connectivity index (χ4v) is 1.14. The largest absolute Gasteiger partial charge is 0.416 e. The number of carbonyl (C=O) groups is 1. The smallest absolute Gasteiger partial charge is 0.326 e. The lowest BCUT2D eigenvalue weighted by atomic mass is 10.2. The first-order valence-corrected chi connectivity index (χ1v) is 4.77. The molecule has 17 heavy (non-hydrogen) atoms. The van der Waals surface area contributed by atoms with Crippen molar-refractivity contribution in [1.29, 1.82) is 5.26 Å². The Kier molecular flexibility index (Phi) is 4.10. The number of nitrogens with zero attached hydrogens (tertiary/aromatic N) is 1. The minimum absolute atomic E-state index is 0.0253. The highest BCUT2D eigenvalue weighted by atomic mass is 19.4. The number of nitrogens with one attached hydrogen (secondary N) is 1. The van der Waals surface area contributed by atoms with E-state index < -0.39 is 17.6 Å². The lowest BCUT2D eigenvalue weighted by Crippen LogP contribution is -2.11. The molecule has 0 aromatic heterocycles. The number of hydrogen-bond donors (Lipinski definition) is 1. The molecule has 90 valence electrons. The third kappa shape index (κ3) is 4.15. The van der Waals surface area contributed by atoms with Gasteiger partial charge in [0.1, 0.15) is 0 Å². The summed E-state index contributed by atoms with van der Waals surface area (Å²) in [5.41, 5.74) is -0.492. The highest BCUT2D eigenvalue weighted by Gasteiger charge is 2.29. The van der Waals surface area contributed by atoms with Gasteiger partial charge in [0, 0.05) is 18.5 Å². The average Bonchev–Trinajstić information content (AvgIpc) is 2.26. The number of benzene rings is 1. The summed E-state index contributed by atoms with van der Waals surface area (Å²) < 4.78 is 36.7. The maximum atomic E-state index is 12.2. The van der Waals surface area contributed by atoms with E-state index in [2.05, 4.69) is 5.32 Å². The molecule has 1 rings (SSSR count). The van der Waals surface area contributed by atoms with Gasteiger partial charge in [-0.15, -0.1) is 0 Å². The molecule has 1 amide bonds. The predicted octanol–water partition coefficient (Wildman–Crippen LogP) is 2.95. The summed E-state index contributed by atoms with van der Waals surface area (Å²) in [6.07, 6.45) is -4.28. The van der Waals surface area contributed by atoms with Crippen molar-refractivity contribution in [3.05, 3.63) is 29.8 Å². The fourth-order valence-electron chi connectivity index (χ4n) is 1.14. The van der Waals surface area contributed by atoms with Crippen molar-refractivity contribution in [2.75, 3.05) is 5.32 Å². The molecule has 0 bridgehead atoms. The molecule has 0 atom stereocenters. The second-order valence-corrected chi connectivity index (χ2v) is 3.28. The number of alkyl halides is 3. The van der Waals surface area contributed by atoms with E-state index in [1.807, 2.05) is 0 Å². The number of halogens is 3. The molecule has 0 spiro atoms. The van der Waals surface area contributed by atoms with Crippen LogP contribution in [0.15, 0.2) is 24.3 Å². The predicted molar refractivity (Wildman–Crippen MR) is 54.9 cm³/mol. The summed E-state index contributed by atoms with van der Waals surface area (Å²) in [7, 11) is 0.